The summed E-state index contributed by atoms with van der Waals surface area (Å²) < 4.78 is 56.0. The number of morpholine rings is 1. The number of ether oxygens (including phenoxy) is 1. The Morgan fingerprint density at radius 2 is 1.74 bits per heavy atom. The number of alkyl halides is 3. The molecule has 1 aliphatic rings. The van der Waals surface area contributed by atoms with Crippen molar-refractivity contribution in [1.82, 2.24) is 15.1 Å². The zero-order valence-electron chi connectivity index (χ0n) is 20.0. The van der Waals surface area contributed by atoms with Gasteiger partial charge in [-0.15, -0.1) is 5.10 Å². The van der Waals surface area contributed by atoms with E-state index in [4.69, 9.17) is 19.1 Å². The molecule has 1 aromatic heterocycles. The van der Waals surface area contributed by atoms with Crippen molar-refractivity contribution in [3.8, 4) is 11.5 Å². The molecule has 1 saturated heterocycles. The van der Waals surface area contributed by atoms with Gasteiger partial charge in [0.05, 0.1) is 13.2 Å². The molecule has 204 valence electrons. The predicted octanol–water partition coefficient (Wildman–Crippen LogP) is 3.90. The van der Waals surface area contributed by atoms with Gasteiger partial charge in [0, 0.05) is 36.4 Å². The summed E-state index contributed by atoms with van der Waals surface area (Å²) in [6.07, 6.45) is -4.11. The highest BCUT2D eigenvalue weighted by Gasteiger charge is 2.38. The van der Waals surface area contributed by atoms with Gasteiger partial charge >= 0.3 is 18.2 Å². The van der Waals surface area contributed by atoms with Crippen molar-refractivity contribution in [3.05, 3.63) is 59.9 Å². The summed E-state index contributed by atoms with van der Waals surface area (Å²) in [5, 5.41) is 21.1. The minimum absolute atomic E-state index is 0.255. The van der Waals surface area contributed by atoms with E-state index in [9.17, 15) is 22.4 Å². The normalized spacial score (nSPS) is 13.8. The number of aromatic nitrogens is 2. The molecule has 3 aromatic rings. The lowest BCUT2D eigenvalue weighted by atomic mass is 10.2. The number of amides is 1. The average Bonchev–Trinajstić information content (AvgIpc) is 3.36. The van der Waals surface area contributed by atoms with E-state index in [2.05, 4.69) is 25.7 Å². The number of anilines is 2. The first-order valence-electron chi connectivity index (χ1n) is 11.5. The van der Waals surface area contributed by atoms with Crippen molar-refractivity contribution in [2.75, 3.05) is 50.0 Å². The second-order valence-corrected chi connectivity index (χ2v) is 7.99. The SMILES string of the molecule is O=C(Nc1ccc(-c2nnc(NCCCN3CCOCC3)o2)cc1)c1cccc(F)c1.O=C(O)C(F)(F)F. The molecule has 0 spiro atoms. The van der Waals surface area contributed by atoms with E-state index in [1.165, 1.54) is 18.2 Å². The summed E-state index contributed by atoms with van der Waals surface area (Å²) in [6, 6.07) is 12.9. The molecule has 2 aromatic carbocycles. The molecule has 2 heterocycles. The number of carbonyl (C=O) groups excluding carboxylic acids is 1. The van der Waals surface area contributed by atoms with Crippen LogP contribution in [0.25, 0.3) is 11.5 Å². The number of aliphatic carboxylic acids is 1. The zero-order chi connectivity index (χ0) is 27.5. The summed E-state index contributed by atoms with van der Waals surface area (Å²) in [7, 11) is 0. The number of hydrogen-bond donors (Lipinski definition) is 3. The topological polar surface area (TPSA) is 130 Å². The molecule has 4 rings (SSSR count). The van der Waals surface area contributed by atoms with Crippen LogP contribution in [-0.4, -0.2) is 77.6 Å². The Morgan fingerprint density at radius 3 is 2.37 bits per heavy atom. The lowest BCUT2D eigenvalue weighted by Gasteiger charge is -2.26. The van der Waals surface area contributed by atoms with E-state index in [1.807, 2.05) is 0 Å². The predicted molar refractivity (Wildman–Crippen MR) is 128 cm³/mol. The first-order valence-corrected chi connectivity index (χ1v) is 11.5. The van der Waals surface area contributed by atoms with E-state index in [0.717, 1.165) is 51.4 Å². The number of carboxylic acids is 1. The first kappa shape index (κ1) is 28.5. The number of nitrogens with one attached hydrogen (secondary N) is 2. The van der Waals surface area contributed by atoms with Gasteiger partial charge in [-0.1, -0.05) is 11.2 Å². The van der Waals surface area contributed by atoms with Crippen LogP contribution in [0.2, 0.25) is 0 Å². The molecule has 14 heteroatoms. The van der Waals surface area contributed by atoms with Crippen LogP contribution in [0, 0.1) is 5.82 Å². The number of benzene rings is 2. The second kappa shape index (κ2) is 13.5. The maximum atomic E-state index is 13.3. The molecule has 1 fully saturated rings. The summed E-state index contributed by atoms with van der Waals surface area (Å²) in [5.41, 5.74) is 1.57. The van der Waals surface area contributed by atoms with Gasteiger partial charge in [0.1, 0.15) is 5.82 Å². The maximum Gasteiger partial charge on any atom is 0.490 e. The Balaban J connectivity index is 0.000000505. The fourth-order valence-electron chi connectivity index (χ4n) is 3.26. The fourth-order valence-corrected chi connectivity index (χ4v) is 3.26. The van der Waals surface area contributed by atoms with E-state index >= 15 is 0 Å². The molecule has 0 radical (unpaired) electrons. The standard InChI is InChI=1S/C22H24FN5O3.C2HF3O2/c23-18-4-1-3-17(15-18)20(29)25-19-7-5-16(6-8-19)21-26-27-22(31-21)24-9-2-10-28-11-13-30-14-12-28;3-2(4,5)1(6)7/h1,3-8,15H,2,9-14H2,(H,24,27)(H,25,29);(H,6,7). The molecule has 0 bridgehead atoms. The molecule has 0 saturated carbocycles. The van der Waals surface area contributed by atoms with Crippen molar-refractivity contribution in [2.24, 2.45) is 0 Å². The number of carboxylic acid groups (broad SMARTS) is 1. The minimum Gasteiger partial charge on any atom is -0.475 e. The highest BCUT2D eigenvalue weighted by molar-refractivity contribution is 6.04. The minimum atomic E-state index is -5.08. The van der Waals surface area contributed by atoms with Gasteiger partial charge < -0.3 is 24.9 Å². The van der Waals surface area contributed by atoms with E-state index < -0.39 is 18.0 Å². The molecule has 3 N–H and O–H groups in total. The summed E-state index contributed by atoms with van der Waals surface area (Å²) in [6.45, 7) is 5.29. The molecule has 0 aliphatic carbocycles. The van der Waals surface area contributed by atoms with Gasteiger partial charge in [-0.25, -0.2) is 9.18 Å². The Morgan fingerprint density at radius 1 is 1.05 bits per heavy atom. The van der Waals surface area contributed by atoms with Crippen molar-refractivity contribution < 1.29 is 41.4 Å². The van der Waals surface area contributed by atoms with Crippen LogP contribution < -0.4 is 10.6 Å². The van der Waals surface area contributed by atoms with E-state index in [0.29, 0.717) is 17.6 Å². The molecule has 10 nitrogen and oxygen atoms in total. The highest BCUT2D eigenvalue weighted by Crippen LogP contribution is 2.22. The van der Waals surface area contributed by atoms with Gasteiger partial charge in [-0.05, 0) is 55.4 Å². The Kier molecular flexibility index (Phi) is 10.1. The van der Waals surface area contributed by atoms with Crippen molar-refractivity contribution in [3.63, 3.8) is 0 Å². The third kappa shape index (κ3) is 9.12. The Labute approximate surface area is 214 Å². The Hall–Kier alpha value is -4.04. The number of nitrogens with zero attached hydrogens (tertiary/aromatic N) is 3. The van der Waals surface area contributed by atoms with Crippen LogP contribution in [0.3, 0.4) is 0 Å². The largest absolute Gasteiger partial charge is 0.490 e. The van der Waals surface area contributed by atoms with Gasteiger partial charge in [-0.3, -0.25) is 9.69 Å². The smallest absolute Gasteiger partial charge is 0.475 e. The van der Waals surface area contributed by atoms with Gasteiger partial charge in [0.15, 0.2) is 0 Å². The van der Waals surface area contributed by atoms with Crippen LogP contribution in [0.5, 0.6) is 0 Å². The number of halogens is 4. The highest BCUT2D eigenvalue weighted by atomic mass is 19.4. The van der Waals surface area contributed by atoms with Crippen LogP contribution in [0.1, 0.15) is 16.8 Å². The van der Waals surface area contributed by atoms with Gasteiger partial charge in [0.2, 0.25) is 5.89 Å². The summed E-state index contributed by atoms with van der Waals surface area (Å²) in [5.74, 6) is -3.20. The molecular formula is C24H25F4N5O5. The quantitative estimate of drug-likeness (QED) is 0.288. The fraction of sp³-hybridized carbons (Fsp3) is 0.333. The van der Waals surface area contributed by atoms with E-state index in [-0.39, 0.29) is 11.5 Å². The lowest BCUT2D eigenvalue weighted by Crippen LogP contribution is -2.37. The molecule has 1 aliphatic heterocycles. The van der Waals surface area contributed by atoms with Crippen LogP contribution in [-0.2, 0) is 9.53 Å². The van der Waals surface area contributed by atoms with Gasteiger partial charge in [0.25, 0.3) is 5.91 Å². The lowest BCUT2D eigenvalue weighted by molar-refractivity contribution is -0.192. The second-order valence-electron chi connectivity index (χ2n) is 7.99. The molecule has 1 amide bonds. The number of hydrogen-bond acceptors (Lipinski definition) is 8. The van der Waals surface area contributed by atoms with Crippen molar-refractivity contribution in [2.45, 2.75) is 12.6 Å². The molecular weight excluding hydrogens is 514 g/mol. The van der Waals surface area contributed by atoms with Crippen molar-refractivity contribution >= 4 is 23.6 Å². The third-order valence-electron chi connectivity index (χ3n) is 5.18. The molecule has 38 heavy (non-hydrogen) atoms. The van der Waals surface area contributed by atoms with Crippen molar-refractivity contribution in [1.29, 1.82) is 0 Å². The number of rotatable bonds is 8. The third-order valence-corrected chi connectivity index (χ3v) is 5.18. The van der Waals surface area contributed by atoms with Crippen LogP contribution in [0.15, 0.2) is 52.9 Å². The molecule has 0 unspecified atom stereocenters. The van der Waals surface area contributed by atoms with E-state index in [1.54, 1.807) is 30.3 Å². The summed E-state index contributed by atoms with van der Waals surface area (Å²) >= 11 is 0. The zero-order valence-corrected chi connectivity index (χ0v) is 20.0. The summed E-state index contributed by atoms with van der Waals surface area (Å²) in [4.78, 5) is 23.5. The maximum absolute atomic E-state index is 13.3. The van der Waals surface area contributed by atoms with Gasteiger partial charge in [-0.2, -0.15) is 13.2 Å². The van der Waals surface area contributed by atoms with Crippen LogP contribution in [0.4, 0.5) is 29.3 Å². The number of carbonyl (C=O) groups is 2. The Bertz CT molecular complexity index is 1200. The van der Waals surface area contributed by atoms with Crippen LogP contribution >= 0.6 is 0 Å². The average molecular weight is 539 g/mol. The molecule has 0 atom stereocenters. The first-order chi connectivity index (χ1) is 18.1. The monoisotopic (exact) mass is 539 g/mol.